The number of ether oxygens (including phenoxy) is 1. The maximum atomic E-state index is 5.36. The highest BCUT2D eigenvalue weighted by atomic mass is 16.5. The van der Waals surface area contributed by atoms with Gasteiger partial charge in [0.2, 0.25) is 0 Å². The summed E-state index contributed by atoms with van der Waals surface area (Å²) < 4.78 is 5.36. The largest absolute Gasteiger partial charge is 0.481 e. The zero-order valence-corrected chi connectivity index (χ0v) is 10.2. The topological polar surface area (TPSA) is 21.3 Å². The molecule has 1 aromatic carbocycles. The van der Waals surface area contributed by atoms with Crippen LogP contribution in [-0.2, 0) is 6.54 Å². The number of hydrogen-bond acceptors (Lipinski definition) is 2. The molecule has 1 rings (SSSR count). The van der Waals surface area contributed by atoms with Crippen LogP contribution in [0.4, 0.5) is 0 Å². The van der Waals surface area contributed by atoms with Crippen molar-refractivity contribution in [2.45, 2.75) is 32.9 Å². The van der Waals surface area contributed by atoms with Gasteiger partial charge in [0.1, 0.15) is 12.4 Å². The fourth-order valence-electron chi connectivity index (χ4n) is 1.24. The highest BCUT2D eigenvalue weighted by Crippen LogP contribution is 2.13. The van der Waals surface area contributed by atoms with Gasteiger partial charge in [-0.15, -0.1) is 6.42 Å². The molecule has 1 N–H and O–H groups in total. The van der Waals surface area contributed by atoms with Crippen molar-refractivity contribution in [1.82, 2.24) is 5.32 Å². The van der Waals surface area contributed by atoms with E-state index in [1.54, 1.807) is 0 Å². The maximum absolute atomic E-state index is 5.36. The first-order valence-electron chi connectivity index (χ1n) is 5.41. The molecule has 0 saturated carbocycles. The molecule has 0 atom stereocenters. The van der Waals surface area contributed by atoms with E-state index in [0.29, 0.717) is 6.61 Å². The summed E-state index contributed by atoms with van der Waals surface area (Å²) in [6, 6.07) is 7.97. The summed E-state index contributed by atoms with van der Waals surface area (Å²) >= 11 is 0. The molecule has 0 aliphatic carbocycles. The van der Waals surface area contributed by atoms with E-state index in [2.05, 4.69) is 38.1 Å². The van der Waals surface area contributed by atoms with Crippen LogP contribution in [-0.4, -0.2) is 12.1 Å². The van der Waals surface area contributed by atoms with Crippen LogP contribution >= 0.6 is 0 Å². The van der Waals surface area contributed by atoms with E-state index in [9.17, 15) is 0 Å². The molecule has 0 aromatic heterocycles. The van der Waals surface area contributed by atoms with Gasteiger partial charge in [0.15, 0.2) is 0 Å². The van der Waals surface area contributed by atoms with Crippen LogP contribution in [0.3, 0.4) is 0 Å². The third kappa shape index (κ3) is 4.86. The van der Waals surface area contributed by atoms with Gasteiger partial charge in [-0.3, -0.25) is 0 Å². The Kier molecular flexibility index (Phi) is 4.39. The minimum atomic E-state index is 0.121. The number of hydrogen-bond donors (Lipinski definition) is 1. The van der Waals surface area contributed by atoms with E-state index < -0.39 is 0 Å². The average Bonchev–Trinajstić information content (AvgIpc) is 2.23. The van der Waals surface area contributed by atoms with Gasteiger partial charge < -0.3 is 10.1 Å². The van der Waals surface area contributed by atoms with Crippen molar-refractivity contribution < 1.29 is 4.74 Å². The van der Waals surface area contributed by atoms with Crippen LogP contribution in [0.15, 0.2) is 24.3 Å². The molecule has 0 bridgehead atoms. The highest BCUT2D eigenvalue weighted by molar-refractivity contribution is 5.28. The van der Waals surface area contributed by atoms with E-state index in [1.165, 1.54) is 5.56 Å². The van der Waals surface area contributed by atoms with Crippen LogP contribution in [0.25, 0.3) is 0 Å². The van der Waals surface area contributed by atoms with Gasteiger partial charge in [-0.1, -0.05) is 18.1 Å². The van der Waals surface area contributed by atoms with Crippen LogP contribution in [0, 0.1) is 12.3 Å². The molecule has 0 fully saturated rings. The van der Waals surface area contributed by atoms with Gasteiger partial charge in [0.05, 0.1) is 0 Å². The zero-order valence-electron chi connectivity index (χ0n) is 10.2. The fourth-order valence-corrected chi connectivity index (χ4v) is 1.24. The number of terminal acetylenes is 1. The second kappa shape index (κ2) is 5.58. The minimum Gasteiger partial charge on any atom is -0.481 e. The van der Waals surface area contributed by atoms with E-state index >= 15 is 0 Å². The van der Waals surface area contributed by atoms with Crippen molar-refractivity contribution in [2.24, 2.45) is 0 Å². The predicted molar refractivity (Wildman–Crippen MR) is 67.4 cm³/mol. The fraction of sp³-hybridized carbons (Fsp3) is 0.429. The lowest BCUT2D eigenvalue weighted by molar-refractivity contribution is 0.369. The SMILES string of the molecule is C#CCOc1cccc(CNC(C)(C)C)c1. The van der Waals surface area contributed by atoms with Crippen LogP contribution in [0.5, 0.6) is 5.75 Å². The van der Waals surface area contributed by atoms with E-state index in [-0.39, 0.29) is 5.54 Å². The zero-order chi connectivity index (χ0) is 12.0. The first kappa shape index (κ1) is 12.6. The number of benzene rings is 1. The second-order valence-electron chi connectivity index (χ2n) is 4.74. The molecule has 86 valence electrons. The Balaban J connectivity index is 2.57. The van der Waals surface area contributed by atoms with Crippen molar-refractivity contribution in [3.63, 3.8) is 0 Å². The van der Waals surface area contributed by atoms with Gasteiger partial charge in [-0.05, 0) is 38.5 Å². The summed E-state index contributed by atoms with van der Waals surface area (Å²) in [6.45, 7) is 7.58. The number of rotatable bonds is 4. The smallest absolute Gasteiger partial charge is 0.148 e. The molecule has 16 heavy (non-hydrogen) atoms. The summed E-state index contributed by atoms with van der Waals surface area (Å²) in [5.74, 6) is 3.28. The van der Waals surface area contributed by atoms with Crippen molar-refractivity contribution in [3.8, 4) is 18.1 Å². The van der Waals surface area contributed by atoms with E-state index in [0.717, 1.165) is 12.3 Å². The molecule has 0 unspecified atom stereocenters. The third-order valence-electron chi connectivity index (χ3n) is 2.04. The molecule has 0 radical (unpaired) electrons. The summed E-state index contributed by atoms with van der Waals surface area (Å²) in [6.07, 6.45) is 5.14. The lowest BCUT2D eigenvalue weighted by Crippen LogP contribution is -2.35. The molecule has 0 aliphatic heterocycles. The van der Waals surface area contributed by atoms with Crippen molar-refractivity contribution in [1.29, 1.82) is 0 Å². The molecule has 1 aromatic rings. The van der Waals surface area contributed by atoms with Crippen molar-refractivity contribution in [3.05, 3.63) is 29.8 Å². The summed E-state index contributed by atoms with van der Waals surface area (Å²) in [7, 11) is 0. The summed E-state index contributed by atoms with van der Waals surface area (Å²) in [5.41, 5.74) is 1.32. The normalized spacial score (nSPS) is 10.9. The molecule has 0 saturated heterocycles. The van der Waals surface area contributed by atoms with Gasteiger partial charge in [0, 0.05) is 12.1 Å². The first-order chi connectivity index (χ1) is 7.51. The summed E-state index contributed by atoms with van der Waals surface area (Å²) in [5, 5.41) is 3.43. The molecular weight excluding hydrogens is 198 g/mol. The average molecular weight is 217 g/mol. The quantitative estimate of drug-likeness (QED) is 0.783. The minimum absolute atomic E-state index is 0.121. The Bertz CT molecular complexity index is 371. The molecule has 0 amide bonds. The Morgan fingerprint density at radius 2 is 2.12 bits per heavy atom. The molecular formula is C14H19NO. The second-order valence-corrected chi connectivity index (χ2v) is 4.74. The van der Waals surface area contributed by atoms with Crippen LogP contribution < -0.4 is 10.1 Å². The van der Waals surface area contributed by atoms with E-state index in [4.69, 9.17) is 11.2 Å². The number of nitrogens with one attached hydrogen (secondary N) is 1. The molecule has 0 spiro atoms. The first-order valence-corrected chi connectivity index (χ1v) is 5.41. The van der Waals surface area contributed by atoms with Gasteiger partial charge in [-0.2, -0.15) is 0 Å². The maximum Gasteiger partial charge on any atom is 0.148 e. The van der Waals surface area contributed by atoms with Crippen LogP contribution in [0.1, 0.15) is 26.3 Å². The lowest BCUT2D eigenvalue weighted by Gasteiger charge is -2.20. The Hall–Kier alpha value is -1.46. The molecule has 2 heteroatoms. The monoisotopic (exact) mass is 217 g/mol. The molecule has 2 nitrogen and oxygen atoms in total. The predicted octanol–water partition coefficient (Wildman–Crippen LogP) is 2.59. The lowest BCUT2D eigenvalue weighted by atomic mass is 10.1. The molecule has 0 aliphatic rings. The Morgan fingerprint density at radius 3 is 2.75 bits per heavy atom. The Morgan fingerprint density at radius 1 is 1.38 bits per heavy atom. The highest BCUT2D eigenvalue weighted by Gasteiger charge is 2.08. The third-order valence-corrected chi connectivity index (χ3v) is 2.04. The molecule has 0 heterocycles. The van der Waals surface area contributed by atoms with Crippen molar-refractivity contribution >= 4 is 0 Å². The van der Waals surface area contributed by atoms with Crippen LogP contribution in [0.2, 0.25) is 0 Å². The van der Waals surface area contributed by atoms with Crippen molar-refractivity contribution in [2.75, 3.05) is 6.61 Å². The van der Waals surface area contributed by atoms with Gasteiger partial charge in [-0.25, -0.2) is 0 Å². The van der Waals surface area contributed by atoms with E-state index in [1.807, 2.05) is 18.2 Å². The van der Waals surface area contributed by atoms with Gasteiger partial charge in [0.25, 0.3) is 0 Å². The standard InChI is InChI=1S/C14H19NO/c1-5-9-16-13-8-6-7-12(10-13)11-15-14(2,3)4/h1,6-8,10,15H,9,11H2,2-4H3. The van der Waals surface area contributed by atoms with Gasteiger partial charge >= 0.3 is 0 Å². The Labute approximate surface area is 98.0 Å². The summed E-state index contributed by atoms with van der Waals surface area (Å²) in [4.78, 5) is 0.